The first kappa shape index (κ1) is 14.0. The Hall–Kier alpha value is -2.63. The van der Waals surface area contributed by atoms with Gasteiger partial charge in [0.15, 0.2) is 5.78 Å². The number of hydrogen-bond donors (Lipinski definition) is 1. The van der Waals surface area contributed by atoms with Crippen LogP contribution in [-0.4, -0.2) is 40.3 Å². The van der Waals surface area contributed by atoms with Crippen molar-refractivity contribution in [2.24, 2.45) is 0 Å². The van der Waals surface area contributed by atoms with Gasteiger partial charge in [0.25, 0.3) is 5.91 Å². The molecule has 1 fully saturated rings. The maximum atomic E-state index is 13.1. The van der Waals surface area contributed by atoms with Gasteiger partial charge in [0.05, 0.1) is 18.5 Å². The van der Waals surface area contributed by atoms with Crippen molar-refractivity contribution in [1.82, 2.24) is 9.88 Å². The standard InChI is InChI=1S/C17H15FN2O3/c18-11-7-13(19-9-11)16(22)20-6-5-17(10-20)8-14(21)12-3-1-2-4-15(12)23-17/h1-4,7,9,19H,5-6,8,10H2. The number of benzene rings is 1. The number of carbonyl (C=O) groups is 2. The summed E-state index contributed by atoms with van der Waals surface area (Å²) in [5, 5.41) is 0. The normalized spacial score (nSPS) is 23.0. The van der Waals surface area contributed by atoms with Gasteiger partial charge in [-0.15, -0.1) is 0 Å². The predicted octanol–water partition coefficient (Wildman–Crippen LogP) is 2.40. The molecule has 1 atom stereocenters. The lowest BCUT2D eigenvalue weighted by Gasteiger charge is -2.34. The first-order chi connectivity index (χ1) is 11.1. The largest absolute Gasteiger partial charge is 0.484 e. The Morgan fingerprint density at radius 1 is 1.35 bits per heavy atom. The number of aromatic nitrogens is 1. The third kappa shape index (κ3) is 2.30. The molecular formula is C17H15FN2O3. The molecule has 3 heterocycles. The van der Waals surface area contributed by atoms with Gasteiger partial charge in [-0.1, -0.05) is 12.1 Å². The highest BCUT2D eigenvalue weighted by molar-refractivity contribution is 6.00. The number of ketones is 1. The molecule has 5 nitrogen and oxygen atoms in total. The number of amides is 1. The Morgan fingerprint density at radius 2 is 2.17 bits per heavy atom. The van der Waals surface area contributed by atoms with Crippen LogP contribution in [0.1, 0.15) is 33.7 Å². The summed E-state index contributed by atoms with van der Waals surface area (Å²) in [6, 6.07) is 8.34. The zero-order valence-electron chi connectivity index (χ0n) is 12.3. The summed E-state index contributed by atoms with van der Waals surface area (Å²) in [5.41, 5.74) is 0.128. The number of ether oxygens (including phenoxy) is 1. The fraction of sp³-hybridized carbons (Fsp3) is 0.294. The highest BCUT2D eigenvalue weighted by atomic mass is 19.1. The molecule has 1 amide bonds. The van der Waals surface area contributed by atoms with Crippen LogP contribution < -0.4 is 4.74 Å². The fourth-order valence-electron chi connectivity index (χ4n) is 3.35. The number of Topliss-reactive ketones (excluding diaryl/α,β-unsaturated/α-hetero) is 1. The van der Waals surface area contributed by atoms with Crippen LogP contribution >= 0.6 is 0 Å². The average Bonchev–Trinajstić information content (AvgIpc) is 3.14. The predicted molar refractivity (Wildman–Crippen MR) is 80.0 cm³/mol. The molecule has 1 saturated heterocycles. The van der Waals surface area contributed by atoms with Crippen molar-refractivity contribution >= 4 is 11.7 Å². The van der Waals surface area contributed by atoms with Crippen molar-refractivity contribution in [2.45, 2.75) is 18.4 Å². The highest BCUT2D eigenvalue weighted by Crippen LogP contribution is 2.38. The van der Waals surface area contributed by atoms with E-state index in [1.54, 1.807) is 17.0 Å². The minimum atomic E-state index is -0.674. The van der Waals surface area contributed by atoms with Gasteiger partial charge in [-0.2, -0.15) is 0 Å². The van der Waals surface area contributed by atoms with Crippen LogP contribution in [0.2, 0.25) is 0 Å². The van der Waals surface area contributed by atoms with Crippen molar-refractivity contribution in [2.75, 3.05) is 13.1 Å². The molecule has 1 spiro atoms. The second kappa shape index (κ2) is 4.94. The number of nitrogens with one attached hydrogen (secondary N) is 1. The Kier molecular flexibility index (Phi) is 3.01. The number of aromatic amines is 1. The van der Waals surface area contributed by atoms with Gasteiger partial charge in [-0.25, -0.2) is 4.39 Å². The minimum absolute atomic E-state index is 0.0343. The number of fused-ring (bicyclic) bond motifs is 1. The van der Waals surface area contributed by atoms with E-state index in [1.165, 1.54) is 6.07 Å². The van der Waals surface area contributed by atoms with Crippen molar-refractivity contribution in [3.63, 3.8) is 0 Å². The lowest BCUT2D eigenvalue weighted by molar-refractivity contribution is 0.0427. The quantitative estimate of drug-likeness (QED) is 0.879. The number of likely N-dealkylation sites (tertiary alicyclic amines) is 1. The Balaban J connectivity index is 1.56. The van der Waals surface area contributed by atoms with E-state index < -0.39 is 11.4 Å². The number of H-pyrrole nitrogens is 1. The molecule has 118 valence electrons. The van der Waals surface area contributed by atoms with Gasteiger partial charge >= 0.3 is 0 Å². The number of carbonyl (C=O) groups excluding carboxylic acids is 2. The second-order valence-corrected chi connectivity index (χ2v) is 6.09. The molecular weight excluding hydrogens is 299 g/mol. The molecule has 1 aromatic heterocycles. The Labute approximate surface area is 132 Å². The van der Waals surface area contributed by atoms with Gasteiger partial charge in [0.2, 0.25) is 0 Å². The number of para-hydroxylation sites is 1. The van der Waals surface area contributed by atoms with Crippen LogP contribution in [0.3, 0.4) is 0 Å². The van der Waals surface area contributed by atoms with E-state index in [2.05, 4.69) is 4.98 Å². The summed E-state index contributed by atoms with van der Waals surface area (Å²) in [6.07, 6.45) is 1.99. The first-order valence-corrected chi connectivity index (χ1v) is 7.51. The van der Waals surface area contributed by atoms with Crippen LogP contribution in [0, 0.1) is 5.82 Å². The SMILES string of the molecule is O=C1CC2(CCN(C(=O)c3cc(F)c[nH]3)C2)Oc2ccccc21. The third-order valence-corrected chi connectivity index (χ3v) is 4.48. The molecule has 2 aliphatic rings. The van der Waals surface area contributed by atoms with Gasteiger partial charge in [-0.3, -0.25) is 9.59 Å². The molecule has 23 heavy (non-hydrogen) atoms. The maximum Gasteiger partial charge on any atom is 0.270 e. The zero-order chi connectivity index (χ0) is 16.0. The highest BCUT2D eigenvalue weighted by Gasteiger charge is 2.47. The molecule has 1 unspecified atom stereocenters. The number of nitrogens with zero attached hydrogens (tertiary/aromatic N) is 1. The van der Waals surface area contributed by atoms with Crippen LogP contribution in [0.25, 0.3) is 0 Å². The number of hydrogen-bond acceptors (Lipinski definition) is 3. The molecule has 0 radical (unpaired) electrons. The monoisotopic (exact) mass is 314 g/mol. The van der Waals surface area contributed by atoms with E-state index in [0.29, 0.717) is 30.8 Å². The van der Waals surface area contributed by atoms with Crippen molar-refractivity contribution in [1.29, 1.82) is 0 Å². The molecule has 4 rings (SSSR count). The van der Waals surface area contributed by atoms with E-state index in [-0.39, 0.29) is 23.8 Å². The van der Waals surface area contributed by atoms with E-state index in [9.17, 15) is 14.0 Å². The second-order valence-electron chi connectivity index (χ2n) is 6.09. The summed E-state index contributed by atoms with van der Waals surface area (Å²) >= 11 is 0. The van der Waals surface area contributed by atoms with Crippen molar-refractivity contribution < 1.29 is 18.7 Å². The maximum absolute atomic E-state index is 13.1. The summed E-state index contributed by atoms with van der Waals surface area (Å²) in [5.74, 6) is -0.142. The molecule has 0 saturated carbocycles. The molecule has 2 aromatic rings. The molecule has 1 N–H and O–H groups in total. The van der Waals surface area contributed by atoms with Gasteiger partial charge in [0.1, 0.15) is 22.9 Å². The number of halogens is 1. The average molecular weight is 314 g/mol. The summed E-state index contributed by atoms with van der Waals surface area (Å²) in [6.45, 7) is 0.807. The fourth-order valence-corrected chi connectivity index (χ4v) is 3.35. The first-order valence-electron chi connectivity index (χ1n) is 7.51. The lowest BCUT2D eigenvalue weighted by Crippen LogP contribution is -2.45. The molecule has 2 aliphatic heterocycles. The van der Waals surface area contributed by atoms with Crippen LogP contribution in [0.15, 0.2) is 36.5 Å². The topological polar surface area (TPSA) is 62.4 Å². The summed E-state index contributed by atoms with van der Waals surface area (Å²) in [7, 11) is 0. The minimum Gasteiger partial charge on any atom is -0.484 e. The van der Waals surface area contributed by atoms with Gasteiger partial charge in [0, 0.05) is 25.2 Å². The lowest BCUT2D eigenvalue weighted by atomic mass is 9.89. The van der Waals surface area contributed by atoms with Crippen molar-refractivity contribution in [3.05, 3.63) is 53.6 Å². The smallest absolute Gasteiger partial charge is 0.270 e. The molecule has 6 heteroatoms. The molecule has 0 bridgehead atoms. The van der Waals surface area contributed by atoms with E-state index in [1.807, 2.05) is 12.1 Å². The third-order valence-electron chi connectivity index (χ3n) is 4.48. The van der Waals surface area contributed by atoms with Crippen LogP contribution in [-0.2, 0) is 0 Å². The summed E-state index contributed by atoms with van der Waals surface area (Å²) in [4.78, 5) is 29.0. The van der Waals surface area contributed by atoms with Gasteiger partial charge < -0.3 is 14.6 Å². The van der Waals surface area contributed by atoms with Crippen LogP contribution in [0.5, 0.6) is 5.75 Å². The van der Waals surface area contributed by atoms with E-state index in [0.717, 1.165) is 6.20 Å². The Bertz CT molecular complexity index is 801. The zero-order valence-corrected chi connectivity index (χ0v) is 12.3. The summed E-state index contributed by atoms with van der Waals surface area (Å²) < 4.78 is 19.1. The number of rotatable bonds is 1. The molecule has 0 aliphatic carbocycles. The van der Waals surface area contributed by atoms with E-state index >= 15 is 0 Å². The van der Waals surface area contributed by atoms with Gasteiger partial charge in [-0.05, 0) is 12.1 Å². The Morgan fingerprint density at radius 3 is 2.96 bits per heavy atom. The van der Waals surface area contributed by atoms with Crippen LogP contribution in [0.4, 0.5) is 4.39 Å². The molecule has 1 aromatic carbocycles. The van der Waals surface area contributed by atoms with E-state index in [4.69, 9.17) is 4.74 Å². The van der Waals surface area contributed by atoms with Crippen molar-refractivity contribution in [3.8, 4) is 5.75 Å².